The lowest BCUT2D eigenvalue weighted by molar-refractivity contribution is 0.0701. The Kier molecular flexibility index (Phi) is 3.86. The Hall–Kier alpha value is -1.98. The number of rotatable bonds is 4. The fourth-order valence-electron chi connectivity index (χ4n) is 2.11. The van der Waals surface area contributed by atoms with Crippen LogP contribution >= 0.6 is 23.1 Å². The van der Waals surface area contributed by atoms with Crippen LogP contribution in [-0.4, -0.2) is 16.2 Å². The highest BCUT2D eigenvalue weighted by Gasteiger charge is 2.17. The fraction of sp³-hybridized carbons (Fsp3) is 0.0625. The molecule has 0 aliphatic rings. The molecule has 3 rings (SSSR count). The van der Waals surface area contributed by atoms with Gasteiger partial charge in [-0.3, -0.25) is 0 Å². The molecule has 2 N–H and O–H groups in total. The summed E-state index contributed by atoms with van der Waals surface area (Å²) in [6.45, 7) is 0. The number of aromatic carboxylic acids is 1. The molecular weight excluding hydrogens is 304 g/mol. The predicted molar refractivity (Wildman–Crippen MR) is 86.5 cm³/mol. The van der Waals surface area contributed by atoms with E-state index in [0.717, 1.165) is 20.5 Å². The summed E-state index contributed by atoms with van der Waals surface area (Å²) in [7, 11) is 0. The first-order chi connectivity index (χ1) is 10.1. The molecule has 3 nitrogen and oxygen atoms in total. The van der Waals surface area contributed by atoms with E-state index in [1.807, 2.05) is 36.4 Å². The van der Waals surface area contributed by atoms with Crippen LogP contribution in [-0.2, 0) is 5.75 Å². The quantitative estimate of drug-likeness (QED) is 0.691. The van der Waals surface area contributed by atoms with Gasteiger partial charge in [0, 0.05) is 15.3 Å². The van der Waals surface area contributed by atoms with Gasteiger partial charge in [0.1, 0.15) is 10.6 Å². The molecule has 0 fully saturated rings. The van der Waals surface area contributed by atoms with E-state index >= 15 is 0 Å². The van der Waals surface area contributed by atoms with Gasteiger partial charge in [-0.2, -0.15) is 0 Å². The van der Waals surface area contributed by atoms with Crippen LogP contribution in [0.15, 0.2) is 53.4 Å². The van der Waals surface area contributed by atoms with E-state index in [0.29, 0.717) is 10.6 Å². The standard InChI is InChI=1S/C16H12O3S2/c17-10-5-7-11(8-6-10)20-9-13-12-3-1-2-4-14(12)21-15(13)16(18)19/h1-8,17H,9H2,(H,18,19). The number of thiophene rings is 1. The molecule has 0 amide bonds. The van der Waals surface area contributed by atoms with Crippen LogP contribution in [0.4, 0.5) is 0 Å². The SMILES string of the molecule is O=C(O)c1sc2ccccc2c1CSc1ccc(O)cc1. The molecule has 0 spiro atoms. The third kappa shape index (κ3) is 2.89. The number of aromatic hydroxyl groups is 1. The van der Waals surface area contributed by atoms with Crippen molar-refractivity contribution in [1.29, 1.82) is 0 Å². The van der Waals surface area contributed by atoms with Gasteiger partial charge in [0.05, 0.1) is 0 Å². The summed E-state index contributed by atoms with van der Waals surface area (Å²) in [6.07, 6.45) is 0. The van der Waals surface area contributed by atoms with E-state index in [9.17, 15) is 15.0 Å². The van der Waals surface area contributed by atoms with Crippen LogP contribution in [0, 0.1) is 0 Å². The van der Waals surface area contributed by atoms with E-state index in [1.165, 1.54) is 11.3 Å². The molecule has 5 heteroatoms. The second kappa shape index (κ2) is 5.79. The number of thioether (sulfide) groups is 1. The van der Waals surface area contributed by atoms with Crippen molar-refractivity contribution in [3.05, 3.63) is 59.0 Å². The average molecular weight is 316 g/mol. The maximum atomic E-state index is 11.4. The number of benzene rings is 2. The molecule has 1 aromatic heterocycles. The maximum Gasteiger partial charge on any atom is 0.346 e. The lowest BCUT2D eigenvalue weighted by Gasteiger charge is -2.03. The van der Waals surface area contributed by atoms with Gasteiger partial charge in [-0.25, -0.2) is 4.79 Å². The number of carboxylic acids is 1. The van der Waals surface area contributed by atoms with Crippen LogP contribution in [0.25, 0.3) is 10.1 Å². The van der Waals surface area contributed by atoms with E-state index in [1.54, 1.807) is 23.9 Å². The van der Waals surface area contributed by atoms with Crippen LogP contribution < -0.4 is 0 Å². The van der Waals surface area contributed by atoms with Gasteiger partial charge in [-0.1, -0.05) is 18.2 Å². The maximum absolute atomic E-state index is 11.4. The highest BCUT2D eigenvalue weighted by Crippen LogP contribution is 2.35. The normalized spacial score (nSPS) is 10.9. The van der Waals surface area contributed by atoms with Crippen molar-refractivity contribution in [3.63, 3.8) is 0 Å². The van der Waals surface area contributed by atoms with Gasteiger partial charge in [0.25, 0.3) is 0 Å². The van der Waals surface area contributed by atoms with Crippen molar-refractivity contribution in [2.75, 3.05) is 0 Å². The fourth-order valence-corrected chi connectivity index (χ4v) is 4.20. The molecule has 0 radical (unpaired) electrons. The molecule has 1 heterocycles. The molecule has 0 bridgehead atoms. The monoisotopic (exact) mass is 316 g/mol. The number of carbonyl (C=O) groups is 1. The van der Waals surface area contributed by atoms with Gasteiger partial charge in [-0.05, 0) is 41.3 Å². The molecule has 0 aliphatic carbocycles. The molecule has 21 heavy (non-hydrogen) atoms. The first kappa shape index (κ1) is 14.0. The molecule has 3 aromatic rings. The zero-order valence-corrected chi connectivity index (χ0v) is 12.6. The van der Waals surface area contributed by atoms with Crippen molar-refractivity contribution in [2.45, 2.75) is 10.6 Å². The summed E-state index contributed by atoms with van der Waals surface area (Å²) >= 11 is 2.88. The largest absolute Gasteiger partial charge is 0.508 e. The highest BCUT2D eigenvalue weighted by molar-refractivity contribution is 7.98. The summed E-state index contributed by atoms with van der Waals surface area (Å²) < 4.78 is 0.996. The van der Waals surface area contributed by atoms with E-state index < -0.39 is 5.97 Å². The van der Waals surface area contributed by atoms with Gasteiger partial charge in [-0.15, -0.1) is 23.1 Å². The van der Waals surface area contributed by atoms with Crippen LogP contribution in [0.1, 0.15) is 15.2 Å². The third-order valence-electron chi connectivity index (χ3n) is 3.11. The van der Waals surface area contributed by atoms with E-state index in [4.69, 9.17) is 0 Å². The van der Waals surface area contributed by atoms with Gasteiger partial charge in [0.2, 0.25) is 0 Å². The molecule has 106 valence electrons. The zero-order chi connectivity index (χ0) is 14.8. The minimum atomic E-state index is -0.877. The summed E-state index contributed by atoms with van der Waals surface area (Å²) in [5, 5.41) is 19.7. The van der Waals surface area contributed by atoms with Crippen molar-refractivity contribution >= 4 is 39.2 Å². The van der Waals surface area contributed by atoms with Crippen LogP contribution in [0.2, 0.25) is 0 Å². The smallest absolute Gasteiger partial charge is 0.346 e. The average Bonchev–Trinajstić information content (AvgIpc) is 2.86. The second-order valence-electron chi connectivity index (χ2n) is 4.49. The number of fused-ring (bicyclic) bond motifs is 1. The van der Waals surface area contributed by atoms with Crippen LogP contribution in [0.3, 0.4) is 0 Å². The minimum Gasteiger partial charge on any atom is -0.508 e. The molecule has 0 atom stereocenters. The van der Waals surface area contributed by atoms with Crippen molar-refractivity contribution in [3.8, 4) is 5.75 Å². The molecular formula is C16H12O3S2. The lowest BCUT2D eigenvalue weighted by Crippen LogP contribution is -1.96. The molecule has 0 unspecified atom stereocenters. The van der Waals surface area contributed by atoms with E-state index in [-0.39, 0.29) is 5.75 Å². The molecule has 0 aliphatic heterocycles. The topological polar surface area (TPSA) is 57.5 Å². The zero-order valence-electron chi connectivity index (χ0n) is 10.9. The Morgan fingerprint density at radius 1 is 1.10 bits per heavy atom. The number of hydrogen-bond acceptors (Lipinski definition) is 4. The van der Waals surface area contributed by atoms with Crippen molar-refractivity contribution in [1.82, 2.24) is 0 Å². The van der Waals surface area contributed by atoms with Crippen LogP contribution in [0.5, 0.6) is 5.75 Å². The van der Waals surface area contributed by atoms with E-state index in [2.05, 4.69) is 0 Å². The van der Waals surface area contributed by atoms with Gasteiger partial charge < -0.3 is 10.2 Å². The molecule has 0 saturated heterocycles. The highest BCUT2D eigenvalue weighted by atomic mass is 32.2. The third-order valence-corrected chi connectivity index (χ3v) is 5.35. The number of carboxylic acid groups (broad SMARTS) is 1. The van der Waals surface area contributed by atoms with Crippen molar-refractivity contribution < 1.29 is 15.0 Å². The molecule has 2 aromatic carbocycles. The van der Waals surface area contributed by atoms with Gasteiger partial charge in [0.15, 0.2) is 0 Å². The Balaban J connectivity index is 1.93. The first-order valence-corrected chi connectivity index (χ1v) is 8.11. The summed E-state index contributed by atoms with van der Waals surface area (Å²) in [4.78, 5) is 12.8. The minimum absolute atomic E-state index is 0.228. The first-order valence-electron chi connectivity index (χ1n) is 6.30. The Labute approximate surface area is 129 Å². The Morgan fingerprint density at radius 2 is 1.81 bits per heavy atom. The second-order valence-corrected chi connectivity index (χ2v) is 6.59. The summed E-state index contributed by atoms with van der Waals surface area (Å²) in [5.74, 6) is -0.0553. The summed E-state index contributed by atoms with van der Waals surface area (Å²) in [6, 6.07) is 14.7. The van der Waals surface area contributed by atoms with Gasteiger partial charge >= 0.3 is 5.97 Å². The van der Waals surface area contributed by atoms with Crippen molar-refractivity contribution in [2.24, 2.45) is 0 Å². The summed E-state index contributed by atoms with van der Waals surface area (Å²) in [5.41, 5.74) is 0.862. The lowest BCUT2D eigenvalue weighted by atomic mass is 10.1. The number of phenols is 1. The number of hydrogen-bond donors (Lipinski definition) is 2. The number of phenolic OH excluding ortho intramolecular Hbond substituents is 1. The Bertz CT molecular complexity index is 791. The predicted octanol–water partition coefficient (Wildman–Crippen LogP) is 4.60. The Morgan fingerprint density at radius 3 is 2.52 bits per heavy atom. The molecule has 0 saturated carbocycles.